The number of aromatic nitrogens is 7. The van der Waals surface area contributed by atoms with E-state index in [1.165, 1.54) is 18.7 Å². The largest absolute Gasteiger partial charge is 0.480 e. The number of hydrogen-bond donors (Lipinski definition) is 1. The highest BCUT2D eigenvalue weighted by Crippen LogP contribution is 2.31. The van der Waals surface area contributed by atoms with Crippen LogP contribution in [-0.4, -0.2) is 40.7 Å². The van der Waals surface area contributed by atoms with Crippen molar-refractivity contribution in [2.24, 2.45) is 14.1 Å². The number of aryl methyl sites for hydroxylation is 2. The van der Waals surface area contributed by atoms with Crippen molar-refractivity contribution in [3.05, 3.63) is 71.4 Å². The van der Waals surface area contributed by atoms with Gasteiger partial charge in [-0.25, -0.2) is 19.9 Å². The second kappa shape index (κ2) is 9.15. The molecular formula is C25H20F3N9O. The Morgan fingerprint density at radius 2 is 1.79 bits per heavy atom. The summed E-state index contributed by atoms with van der Waals surface area (Å²) in [6.07, 6.45) is -1.96. The number of imidazole rings is 2. The van der Waals surface area contributed by atoms with E-state index in [0.29, 0.717) is 28.1 Å². The van der Waals surface area contributed by atoms with Crippen molar-refractivity contribution in [3.63, 3.8) is 0 Å². The molecule has 192 valence electrons. The predicted octanol–water partition coefficient (Wildman–Crippen LogP) is 3.66. The lowest BCUT2D eigenvalue weighted by Gasteiger charge is -2.08. The molecule has 38 heavy (non-hydrogen) atoms. The minimum Gasteiger partial charge on any atom is -0.480 e. The Morgan fingerprint density at radius 3 is 2.42 bits per heavy atom. The van der Waals surface area contributed by atoms with Crippen LogP contribution in [0.5, 0.6) is 5.88 Å². The van der Waals surface area contributed by atoms with Crippen LogP contribution < -0.4 is 10.4 Å². The van der Waals surface area contributed by atoms with Crippen LogP contribution in [0.1, 0.15) is 17.0 Å². The molecule has 0 saturated heterocycles. The molecule has 1 N–H and O–H groups in total. The Balaban J connectivity index is 1.51. The minimum absolute atomic E-state index is 0.180. The maximum atomic E-state index is 13.1. The summed E-state index contributed by atoms with van der Waals surface area (Å²) >= 11 is 0. The molecule has 0 amide bonds. The Labute approximate surface area is 213 Å². The Bertz CT molecular complexity index is 1770. The molecule has 0 radical (unpaired) electrons. The molecule has 5 rings (SSSR count). The third-order valence-corrected chi connectivity index (χ3v) is 6.07. The molecule has 4 heterocycles. The van der Waals surface area contributed by atoms with Gasteiger partial charge in [-0.3, -0.25) is 9.98 Å². The predicted molar refractivity (Wildman–Crippen MR) is 130 cm³/mol. The van der Waals surface area contributed by atoms with Crippen molar-refractivity contribution in [1.29, 1.82) is 10.7 Å². The van der Waals surface area contributed by atoms with Gasteiger partial charge in [-0.05, 0) is 17.7 Å². The molecule has 0 unspecified atom stereocenters. The molecule has 0 saturated carbocycles. The number of rotatable bonds is 5. The van der Waals surface area contributed by atoms with Gasteiger partial charge in [-0.2, -0.15) is 18.4 Å². The summed E-state index contributed by atoms with van der Waals surface area (Å²) in [5.74, 6) is 0.719. The zero-order chi connectivity index (χ0) is 27.2. The van der Waals surface area contributed by atoms with Gasteiger partial charge in [0.1, 0.15) is 23.1 Å². The SMILES string of the molecule is COc1nc(C#N)ccc1-c1ncc2c(n1)n(Cc1ccc(-c3nc(C(F)(F)F)cn3C)cc1)c(=N)n2C. The summed E-state index contributed by atoms with van der Waals surface area (Å²) in [7, 11) is 4.69. The van der Waals surface area contributed by atoms with E-state index in [-0.39, 0.29) is 29.6 Å². The van der Waals surface area contributed by atoms with E-state index in [0.717, 1.165) is 11.8 Å². The van der Waals surface area contributed by atoms with Crippen LogP contribution in [0, 0.1) is 16.7 Å². The van der Waals surface area contributed by atoms with Crippen LogP contribution in [0.2, 0.25) is 0 Å². The van der Waals surface area contributed by atoms with Gasteiger partial charge in [0.25, 0.3) is 0 Å². The van der Waals surface area contributed by atoms with E-state index in [1.54, 1.807) is 58.8 Å². The number of fused-ring (bicyclic) bond motifs is 1. The summed E-state index contributed by atoms with van der Waals surface area (Å²) < 4.78 is 49.2. The van der Waals surface area contributed by atoms with Crippen molar-refractivity contribution in [3.8, 4) is 34.7 Å². The number of nitrogens with zero attached hydrogens (tertiary/aromatic N) is 8. The number of pyridine rings is 1. The summed E-state index contributed by atoms with van der Waals surface area (Å²) in [5.41, 5.74) is 2.38. The van der Waals surface area contributed by atoms with Gasteiger partial charge in [0, 0.05) is 25.9 Å². The maximum absolute atomic E-state index is 13.1. The van der Waals surface area contributed by atoms with Crippen molar-refractivity contribution < 1.29 is 17.9 Å². The standard InChI is InChI=1S/C25H20F3N9O/c1-35-13-19(25(26,27)28)33-21(35)15-6-4-14(5-7-15)12-37-22-18(36(2)24(37)30)11-31-20(34-22)17-9-8-16(10-29)32-23(17)38-3/h4-9,11,13,30H,12H2,1-3H3. The topological polar surface area (TPSA) is 123 Å². The number of nitriles is 1. The molecule has 13 heteroatoms. The number of nitrogens with one attached hydrogen (secondary N) is 1. The lowest BCUT2D eigenvalue weighted by molar-refractivity contribution is -0.140. The van der Waals surface area contributed by atoms with E-state index >= 15 is 0 Å². The molecule has 0 spiro atoms. The minimum atomic E-state index is -4.52. The molecule has 0 atom stereocenters. The van der Waals surface area contributed by atoms with Crippen LogP contribution in [0.3, 0.4) is 0 Å². The zero-order valence-corrected chi connectivity index (χ0v) is 20.4. The van der Waals surface area contributed by atoms with Crippen molar-refractivity contribution in [2.75, 3.05) is 7.11 Å². The summed E-state index contributed by atoms with van der Waals surface area (Å²) in [6.45, 7) is 0.282. The Hall–Kier alpha value is -4.99. The Morgan fingerprint density at radius 1 is 1.05 bits per heavy atom. The van der Waals surface area contributed by atoms with Gasteiger partial charge < -0.3 is 13.9 Å². The molecule has 0 aliphatic rings. The van der Waals surface area contributed by atoms with Crippen molar-refractivity contribution in [1.82, 2.24) is 33.6 Å². The van der Waals surface area contributed by atoms with Gasteiger partial charge in [0.05, 0.1) is 25.4 Å². The lowest BCUT2D eigenvalue weighted by Crippen LogP contribution is -2.23. The Kier molecular flexibility index (Phi) is 5.94. The normalized spacial score (nSPS) is 11.6. The highest BCUT2D eigenvalue weighted by atomic mass is 19.4. The molecule has 0 aliphatic heterocycles. The average molecular weight is 519 g/mol. The fourth-order valence-corrected chi connectivity index (χ4v) is 4.12. The van der Waals surface area contributed by atoms with Crippen LogP contribution in [0.25, 0.3) is 33.9 Å². The molecule has 10 nitrogen and oxygen atoms in total. The van der Waals surface area contributed by atoms with Crippen LogP contribution >= 0.6 is 0 Å². The van der Waals surface area contributed by atoms with Gasteiger partial charge in [-0.1, -0.05) is 24.3 Å². The maximum Gasteiger partial charge on any atom is 0.434 e. The first-order valence-corrected chi connectivity index (χ1v) is 11.2. The van der Waals surface area contributed by atoms with Crippen LogP contribution in [0.4, 0.5) is 13.2 Å². The number of halogens is 3. The second-order valence-electron chi connectivity index (χ2n) is 8.49. The number of benzene rings is 1. The second-order valence-corrected chi connectivity index (χ2v) is 8.49. The molecule has 1 aromatic carbocycles. The summed E-state index contributed by atoms with van der Waals surface area (Å²) in [5, 5.41) is 17.7. The van der Waals surface area contributed by atoms with E-state index in [9.17, 15) is 13.2 Å². The zero-order valence-electron chi connectivity index (χ0n) is 20.4. The lowest BCUT2D eigenvalue weighted by atomic mass is 10.1. The van der Waals surface area contributed by atoms with Gasteiger partial charge in [-0.15, -0.1) is 0 Å². The third-order valence-electron chi connectivity index (χ3n) is 6.07. The van der Waals surface area contributed by atoms with Gasteiger partial charge in [0.2, 0.25) is 11.5 Å². The smallest absolute Gasteiger partial charge is 0.434 e. The molecule has 0 bridgehead atoms. The van der Waals surface area contributed by atoms with Crippen LogP contribution in [0.15, 0.2) is 48.8 Å². The third kappa shape index (κ3) is 4.26. The highest BCUT2D eigenvalue weighted by molar-refractivity contribution is 5.74. The van der Waals surface area contributed by atoms with Gasteiger partial charge in [0.15, 0.2) is 17.2 Å². The molecule has 0 fully saturated rings. The molecule has 5 aromatic rings. The first-order chi connectivity index (χ1) is 18.1. The quantitative estimate of drug-likeness (QED) is 0.378. The monoisotopic (exact) mass is 519 g/mol. The first kappa shape index (κ1) is 24.7. The van der Waals surface area contributed by atoms with Crippen LogP contribution in [-0.2, 0) is 26.8 Å². The van der Waals surface area contributed by atoms with Crippen molar-refractivity contribution in [2.45, 2.75) is 12.7 Å². The fraction of sp³-hybridized carbons (Fsp3) is 0.200. The number of alkyl halides is 3. The first-order valence-electron chi connectivity index (χ1n) is 11.2. The van der Waals surface area contributed by atoms with E-state index < -0.39 is 11.9 Å². The van der Waals surface area contributed by atoms with E-state index in [2.05, 4.69) is 19.9 Å². The summed E-state index contributed by atoms with van der Waals surface area (Å²) in [4.78, 5) is 17.0. The number of methoxy groups -OCH3 is 1. The molecule has 0 aliphatic carbocycles. The highest BCUT2D eigenvalue weighted by Gasteiger charge is 2.34. The summed E-state index contributed by atoms with van der Waals surface area (Å²) in [6, 6.07) is 12.1. The fourth-order valence-electron chi connectivity index (χ4n) is 4.12. The van der Waals surface area contributed by atoms with E-state index in [1.807, 2.05) is 6.07 Å². The van der Waals surface area contributed by atoms with E-state index in [4.69, 9.17) is 15.4 Å². The van der Waals surface area contributed by atoms with Gasteiger partial charge >= 0.3 is 6.18 Å². The number of ether oxygens (including phenoxy) is 1. The average Bonchev–Trinajstić information content (AvgIpc) is 3.42. The van der Waals surface area contributed by atoms with Crippen molar-refractivity contribution >= 4 is 11.2 Å². The number of hydrogen-bond acceptors (Lipinski definition) is 7. The molecule has 4 aromatic heterocycles. The molecular weight excluding hydrogens is 499 g/mol.